The van der Waals surface area contributed by atoms with Crippen molar-refractivity contribution >= 4 is 18.1 Å². The molecular weight excluding hydrogens is 303 g/mol. The van der Waals surface area contributed by atoms with Gasteiger partial charge in [0.25, 0.3) is 5.91 Å². The van der Waals surface area contributed by atoms with Crippen LogP contribution in [0, 0.1) is 10.5 Å². The fourth-order valence-electron chi connectivity index (χ4n) is 1.85. The lowest BCUT2D eigenvalue weighted by molar-refractivity contribution is 0.0951. The molecule has 0 fully saturated rings. The van der Waals surface area contributed by atoms with Crippen LogP contribution in [-0.4, -0.2) is 24.0 Å². The van der Waals surface area contributed by atoms with Gasteiger partial charge in [-0.2, -0.15) is 0 Å². The van der Waals surface area contributed by atoms with E-state index in [4.69, 9.17) is 17.0 Å². The highest BCUT2D eigenvalue weighted by Crippen LogP contribution is 2.11. The maximum Gasteiger partial charge on any atom is 0.254 e. The van der Waals surface area contributed by atoms with Crippen LogP contribution in [0.25, 0.3) is 0 Å². The van der Waals surface area contributed by atoms with Crippen LogP contribution in [0.5, 0.6) is 5.75 Å². The highest BCUT2D eigenvalue weighted by atomic mass is 32.1. The van der Waals surface area contributed by atoms with Crippen LogP contribution in [0.4, 0.5) is 4.39 Å². The first-order valence-electron chi connectivity index (χ1n) is 7.01. The molecular formula is C16H17FN2O2S. The van der Waals surface area contributed by atoms with E-state index in [1.54, 1.807) is 30.5 Å². The Morgan fingerprint density at radius 3 is 2.73 bits per heavy atom. The predicted molar refractivity (Wildman–Crippen MR) is 85.1 cm³/mol. The van der Waals surface area contributed by atoms with Crippen LogP contribution in [0.15, 0.2) is 42.6 Å². The standard InChI is InChI=1S/C16H17FN2O2S/c17-12-5-7-13(8-6-12)21-11-2-1-9-18-15(20)14-4-3-10-19-16(14)22/h3-8,10H,1-2,9,11H2,(H,18,20)(H,19,22). The van der Waals surface area contributed by atoms with E-state index in [1.165, 1.54) is 12.1 Å². The van der Waals surface area contributed by atoms with E-state index in [2.05, 4.69) is 10.3 Å². The summed E-state index contributed by atoms with van der Waals surface area (Å²) in [5.74, 6) is 0.177. The van der Waals surface area contributed by atoms with E-state index in [0.717, 1.165) is 12.8 Å². The molecule has 4 nitrogen and oxygen atoms in total. The van der Waals surface area contributed by atoms with Gasteiger partial charge in [-0.3, -0.25) is 4.79 Å². The van der Waals surface area contributed by atoms with Gasteiger partial charge in [-0.05, 0) is 49.2 Å². The number of unbranched alkanes of at least 4 members (excludes halogenated alkanes) is 1. The van der Waals surface area contributed by atoms with Gasteiger partial charge in [0.05, 0.1) is 12.2 Å². The number of carbonyl (C=O) groups is 1. The summed E-state index contributed by atoms with van der Waals surface area (Å²) in [7, 11) is 0. The molecule has 0 bridgehead atoms. The van der Waals surface area contributed by atoms with E-state index < -0.39 is 0 Å². The van der Waals surface area contributed by atoms with Crippen LogP contribution >= 0.6 is 12.2 Å². The molecule has 22 heavy (non-hydrogen) atoms. The fraction of sp³-hybridized carbons (Fsp3) is 0.250. The number of H-pyrrole nitrogens is 1. The zero-order valence-corrected chi connectivity index (χ0v) is 12.8. The summed E-state index contributed by atoms with van der Waals surface area (Å²) in [6.07, 6.45) is 3.27. The van der Waals surface area contributed by atoms with Crippen molar-refractivity contribution in [1.29, 1.82) is 0 Å². The van der Waals surface area contributed by atoms with Gasteiger partial charge in [0.2, 0.25) is 0 Å². The molecule has 0 unspecified atom stereocenters. The minimum absolute atomic E-state index is 0.179. The van der Waals surface area contributed by atoms with E-state index in [9.17, 15) is 9.18 Å². The second-order valence-electron chi connectivity index (χ2n) is 4.68. The quantitative estimate of drug-likeness (QED) is 0.607. The number of halogens is 1. The van der Waals surface area contributed by atoms with Crippen molar-refractivity contribution < 1.29 is 13.9 Å². The number of amides is 1. The summed E-state index contributed by atoms with van der Waals surface area (Å²) in [5, 5.41) is 2.82. The Bertz CT molecular complexity index is 670. The normalized spacial score (nSPS) is 10.2. The van der Waals surface area contributed by atoms with Crippen LogP contribution in [0.2, 0.25) is 0 Å². The van der Waals surface area contributed by atoms with Crippen molar-refractivity contribution in [3.05, 3.63) is 58.6 Å². The Balaban J connectivity index is 1.63. The largest absolute Gasteiger partial charge is 0.494 e. The van der Waals surface area contributed by atoms with Gasteiger partial charge in [-0.25, -0.2) is 4.39 Å². The molecule has 2 N–H and O–H groups in total. The van der Waals surface area contributed by atoms with Gasteiger partial charge in [-0.15, -0.1) is 0 Å². The number of benzene rings is 1. The number of hydrogen-bond donors (Lipinski definition) is 2. The Morgan fingerprint density at radius 2 is 2.00 bits per heavy atom. The zero-order chi connectivity index (χ0) is 15.8. The molecule has 1 aromatic carbocycles. The average Bonchev–Trinajstić information content (AvgIpc) is 2.52. The number of carbonyl (C=O) groups excluding carboxylic acids is 1. The molecule has 0 spiro atoms. The maximum atomic E-state index is 12.7. The lowest BCUT2D eigenvalue weighted by Gasteiger charge is -2.07. The molecule has 1 aromatic heterocycles. The second kappa shape index (κ2) is 8.29. The number of pyridine rings is 1. The Hall–Kier alpha value is -2.21. The number of aromatic nitrogens is 1. The predicted octanol–water partition coefficient (Wildman–Crippen LogP) is 3.47. The first-order valence-corrected chi connectivity index (χ1v) is 7.42. The van der Waals surface area contributed by atoms with Crippen molar-refractivity contribution in [1.82, 2.24) is 10.3 Å². The van der Waals surface area contributed by atoms with E-state index in [0.29, 0.717) is 29.1 Å². The second-order valence-corrected chi connectivity index (χ2v) is 5.09. The molecule has 6 heteroatoms. The summed E-state index contributed by atoms with van der Waals surface area (Å²) < 4.78 is 18.6. The van der Waals surface area contributed by atoms with E-state index in [-0.39, 0.29) is 11.7 Å². The van der Waals surface area contributed by atoms with Gasteiger partial charge < -0.3 is 15.0 Å². The van der Waals surface area contributed by atoms with Gasteiger partial charge in [0.1, 0.15) is 16.2 Å². The monoisotopic (exact) mass is 320 g/mol. The topological polar surface area (TPSA) is 54.1 Å². The molecule has 2 aromatic rings. The molecule has 1 heterocycles. The lowest BCUT2D eigenvalue weighted by Crippen LogP contribution is -2.25. The van der Waals surface area contributed by atoms with Gasteiger partial charge in [0.15, 0.2) is 0 Å². The number of hydrogen-bond acceptors (Lipinski definition) is 3. The van der Waals surface area contributed by atoms with Crippen molar-refractivity contribution in [3.63, 3.8) is 0 Å². The highest BCUT2D eigenvalue weighted by Gasteiger charge is 2.05. The molecule has 2 rings (SSSR count). The van der Waals surface area contributed by atoms with Crippen molar-refractivity contribution in [2.75, 3.05) is 13.2 Å². The van der Waals surface area contributed by atoms with Crippen molar-refractivity contribution in [3.8, 4) is 5.75 Å². The van der Waals surface area contributed by atoms with Gasteiger partial charge in [0, 0.05) is 12.7 Å². The van der Waals surface area contributed by atoms with Gasteiger partial charge >= 0.3 is 0 Å². The molecule has 0 aliphatic heterocycles. The van der Waals surface area contributed by atoms with Crippen molar-refractivity contribution in [2.24, 2.45) is 0 Å². The highest BCUT2D eigenvalue weighted by molar-refractivity contribution is 7.71. The number of nitrogens with one attached hydrogen (secondary N) is 2. The van der Waals surface area contributed by atoms with E-state index in [1.807, 2.05) is 0 Å². The number of ether oxygens (including phenoxy) is 1. The first kappa shape index (κ1) is 16.2. The molecule has 0 aliphatic rings. The summed E-state index contributed by atoms with van der Waals surface area (Å²) >= 11 is 5.05. The minimum atomic E-state index is -0.283. The Labute approximate surface area is 133 Å². The number of rotatable bonds is 7. The number of aromatic amines is 1. The molecule has 0 aliphatic carbocycles. The molecule has 1 amide bonds. The lowest BCUT2D eigenvalue weighted by atomic mass is 10.2. The zero-order valence-electron chi connectivity index (χ0n) is 12.0. The summed E-state index contributed by atoms with van der Waals surface area (Å²) in [4.78, 5) is 14.7. The summed E-state index contributed by atoms with van der Waals surface area (Å²) in [6.45, 7) is 1.07. The fourth-order valence-corrected chi connectivity index (χ4v) is 2.07. The molecule has 0 saturated carbocycles. The van der Waals surface area contributed by atoms with Crippen LogP contribution in [0.3, 0.4) is 0 Å². The van der Waals surface area contributed by atoms with Crippen molar-refractivity contribution in [2.45, 2.75) is 12.8 Å². The molecule has 0 atom stereocenters. The molecule has 116 valence electrons. The Morgan fingerprint density at radius 1 is 1.23 bits per heavy atom. The maximum absolute atomic E-state index is 12.7. The summed E-state index contributed by atoms with van der Waals surface area (Å²) in [6, 6.07) is 9.33. The van der Waals surface area contributed by atoms with Crippen LogP contribution in [-0.2, 0) is 0 Å². The Kier molecular flexibility index (Phi) is 6.09. The third-order valence-electron chi connectivity index (χ3n) is 3.00. The molecule has 0 radical (unpaired) electrons. The summed E-state index contributed by atoms with van der Waals surface area (Å²) in [5.41, 5.74) is 0.472. The first-order chi connectivity index (χ1) is 10.7. The third kappa shape index (κ3) is 4.96. The van der Waals surface area contributed by atoms with Crippen LogP contribution in [0.1, 0.15) is 23.2 Å². The average molecular weight is 320 g/mol. The smallest absolute Gasteiger partial charge is 0.254 e. The molecule has 0 saturated heterocycles. The van der Waals surface area contributed by atoms with Crippen LogP contribution < -0.4 is 10.1 Å². The van der Waals surface area contributed by atoms with Gasteiger partial charge in [-0.1, -0.05) is 12.2 Å². The third-order valence-corrected chi connectivity index (χ3v) is 3.34. The SMILES string of the molecule is O=C(NCCCCOc1ccc(F)cc1)c1ccc[nH]c1=S. The minimum Gasteiger partial charge on any atom is -0.494 e. The van der Waals surface area contributed by atoms with E-state index >= 15 is 0 Å².